The van der Waals surface area contributed by atoms with E-state index in [4.69, 9.17) is 5.26 Å². The molecule has 0 N–H and O–H groups in total. The Bertz CT molecular complexity index is 482. The third kappa shape index (κ3) is 1.53. The smallest absolute Gasteiger partial charge is 0.150 e. The van der Waals surface area contributed by atoms with E-state index in [9.17, 15) is 0 Å². The van der Waals surface area contributed by atoms with E-state index in [2.05, 4.69) is 11.1 Å². The Morgan fingerprint density at radius 1 is 1.54 bits per heavy atom. The van der Waals surface area contributed by atoms with E-state index in [1.165, 1.54) is 0 Å². The Labute approximate surface area is 84.2 Å². The van der Waals surface area contributed by atoms with Crippen LogP contribution in [0.25, 0.3) is 10.2 Å². The van der Waals surface area contributed by atoms with Crippen molar-refractivity contribution in [3.05, 3.63) is 23.8 Å². The summed E-state index contributed by atoms with van der Waals surface area (Å²) in [5.41, 5.74) is 1.60. The third-order valence-corrected chi connectivity index (χ3v) is 3.69. The highest BCUT2D eigenvalue weighted by molar-refractivity contribution is 8.00. The summed E-state index contributed by atoms with van der Waals surface area (Å²) in [5, 5.41) is 8.68. The van der Waals surface area contributed by atoms with Crippen LogP contribution in [0.1, 0.15) is 5.56 Å². The molecule has 1 aromatic heterocycles. The molecule has 2 aromatic rings. The van der Waals surface area contributed by atoms with E-state index in [0.717, 1.165) is 14.6 Å². The van der Waals surface area contributed by atoms with Gasteiger partial charge in [-0.2, -0.15) is 5.26 Å². The second kappa shape index (κ2) is 3.36. The van der Waals surface area contributed by atoms with Crippen LogP contribution >= 0.6 is 23.1 Å². The van der Waals surface area contributed by atoms with Crippen LogP contribution in [0.3, 0.4) is 0 Å². The van der Waals surface area contributed by atoms with Crippen molar-refractivity contribution in [1.29, 1.82) is 5.26 Å². The predicted octanol–water partition coefficient (Wildman–Crippen LogP) is 2.89. The van der Waals surface area contributed by atoms with Crippen LogP contribution in [0.2, 0.25) is 0 Å². The van der Waals surface area contributed by atoms with Gasteiger partial charge in [0.25, 0.3) is 0 Å². The zero-order valence-electron chi connectivity index (χ0n) is 6.94. The average Bonchev–Trinajstić information content (AvgIpc) is 2.58. The predicted molar refractivity (Wildman–Crippen MR) is 56.1 cm³/mol. The number of thioether (sulfide) groups is 1. The van der Waals surface area contributed by atoms with Crippen molar-refractivity contribution in [2.24, 2.45) is 0 Å². The molecule has 0 bridgehead atoms. The molecule has 0 fully saturated rings. The number of hydrogen-bond donors (Lipinski definition) is 0. The summed E-state index contributed by atoms with van der Waals surface area (Å²) >= 11 is 3.29. The van der Waals surface area contributed by atoms with E-state index in [0.29, 0.717) is 5.56 Å². The molecule has 1 aromatic carbocycles. The molecular formula is C9H6N2S2. The number of aromatic nitrogens is 1. The lowest BCUT2D eigenvalue weighted by Gasteiger charge is -1.86. The van der Waals surface area contributed by atoms with Gasteiger partial charge < -0.3 is 0 Å². The van der Waals surface area contributed by atoms with Gasteiger partial charge in [-0.15, -0.1) is 11.3 Å². The van der Waals surface area contributed by atoms with Crippen LogP contribution in [0.15, 0.2) is 22.5 Å². The van der Waals surface area contributed by atoms with E-state index in [-0.39, 0.29) is 0 Å². The molecule has 0 saturated heterocycles. The van der Waals surface area contributed by atoms with Crippen molar-refractivity contribution in [1.82, 2.24) is 4.98 Å². The van der Waals surface area contributed by atoms with Crippen LogP contribution in [0.4, 0.5) is 0 Å². The van der Waals surface area contributed by atoms with Gasteiger partial charge in [0.05, 0.1) is 21.8 Å². The van der Waals surface area contributed by atoms with Gasteiger partial charge in [-0.05, 0) is 24.5 Å². The van der Waals surface area contributed by atoms with Crippen molar-refractivity contribution in [2.45, 2.75) is 4.34 Å². The zero-order valence-corrected chi connectivity index (χ0v) is 8.58. The summed E-state index contributed by atoms with van der Waals surface area (Å²) in [7, 11) is 0. The highest BCUT2D eigenvalue weighted by Gasteiger charge is 2.02. The van der Waals surface area contributed by atoms with Crippen molar-refractivity contribution < 1.29 is 0 Å². The van der Waals surface area contributed by atoms with E-state index < -0.39 is 0 Å². The molecule has 2 nitrogen and oxygen atoms in total. The van der Waals surface area contributed by atoms with Gasteiger partial charge in [-0.25, -0.2) is 4.98 Å². The maximum Gasteiger partial charge on any atom is 0.150 e. The Morgan fingerprint density at radius 2 is 2.38 bits per heavy atom. The molecule has 64 valence electrons. The molecule has 0 saturated carbocycles. The number of hydrogen-bond acceptors (Lipinski definition) is 4. The summed E-state index contributed by atoms with van der Waals surface area (Å²) in [6, 6.07) is 7.70. The summed E-state index contributed by atoms with van der Waals surface area (Å²) < 4.78 is 2.19. The second-order valence-corrected chi connectivity index (χ2v) is 4.56. The standard InChI is InChI=1S/C9H6N2S2/c1-12-9-11-7-4-6(5-10)2-3-8(7)13-9/h2-4H,1H3. The van der Waals surface area contributed by atoms with Crippen LogP contribution < -0.4 is 0 Å². The summed E-state index contributed by atoms with van der Waals surface area (Å²) in [6.07, 6.45) is 2.00. The molecule has 13 heavy (non-hydrogen) atoms. The van der Waals surface area contributed by atoms with Gasteiger partial charge in [-0.1, -0.05) is 11.8 Å². The first-order valence-corrected chi connectivity index (χ1v) is 5.72. The summed E-state index contributed by atoms with van der Waals surface area (Å²) in [4.78, 5) is 4.37. The monoisotopic (exact) mass is 206 g/mol. The molecule has 1 heterocycles. The molecule has 0 amide bonds. The fourth-order valence-corrected chi connectivity index (χ4v) is 2.53. The quantitative estimate of drug-likeness (QED) is 0.673. The fourth-order valence-electron chi connectivity index (χ4n) is 1.06. The molecule has 4 heteroatoms. The lowest BCUT2D eigenvalue weighted by Crippen LogP contribution is -1.73. The minimum absolute atomic E-state index is 0.672. The lowest BCUT2D eigenvalue weighted by atomic mass is 10.2. The SMILES string of the molecule is CSc1nc2cc(C#N)ccc2s1. The maximum absolute atomic E-state index is 8.68. The molecule has 0 aliphatic heterocycles. The van der Waals surface area contributed by atoms with Gasteiger partial charge in [0.2, 0.25) is 0 Å². The Hall–Kier alpha value is -1.05. The number of nitriles is 1. The normalized spacial score (nSPS) is 10.2. The van der Waals surface area contributed by atoms with E-state index in [1.54, 1.807) is 23.1 Å². The van der Waals surface area contributed by atoms with Gasteiger partial charge in [-0.3, -0.25) is 0 Å². The Morgan fingerprint density at radius 3 is 3.08 bits per heavy atom. The zero-order chi connectivity index (χ0) is 9.26. The van der Waals surface area contributed by atoms with Crippen LogP contribution in [-0.4, -0.2) is 11.2 Å². The topological polar surface area (TPSA) is 36.7 Å². The van der Waals surface area contributed by atoms with Gasteiger partial charge in [0, 0.05) is 0 Å². The van der Waals surface area contributed by atoms with Crippen LogP contribution in [0.5, 0.6) is 0 Å². The molecule has 0 aliphatic carbocycles. The van der Waals surface area contributed by atoms with Crippen LogP contribution in [0, 0.1) is 11.3 Å². The minimum atomic E-state index is 0.672. The maximum atomic E-state index is 8.68. The molecule has 0 unspecified atom stereocenters. The number of thiazole rings is 1. The highest BCUT2D eigenvalue weighted by Crippen LogP contribution is 2.28. The first kappa shape index (κ1) is 8.54. The van der Waals surface area contributed by atoms with E-state index in [1.807, 2.05) is 24.5 Å². The van der Waals surface area contributed by atoms with Gasteiger partial charge in [0.1, 0.15) is 0 Å². The van der Waals surface area contributed by atoms with Crippen LogP contribution in [-0.2, 0) is 0 Å². The number of benzene rings is 1. The Balaban J connectivity index is 2.65. The minimum Gasteiger partial charge on any atom is -0.230 e. The molecule has 2 rings (SSSR count). The highest BCUT2D eigenvalue weighted by atomic mass is 32.2. The first-order chi connectivity index (χ1) is 6.33. The van der Waals surface area contributed by atoms with E-state index >= 15 is 0 Å². The fraction of sp³-hybridized carbons (Fsp3) is 0.111. The van der Waals surface area contributed by atoms with Crippen molar-refractivity contribution in [3.8, 4) is 6.07 Å². The van der Waals surface area contributed by atoms with Crippen molar-refractivity contribution >= 4 is 33.3 Å². The van der Waals surface area contributed by atoms with Gasteiger partial charge in [0.15, 0.2) is 4.34 Å². The number of fused-ring (bicyclic) bond motifs is 1. The average molecular weight is 206 g/mol. The molecule has 0 atom stereocenters. The largest absolute Gasteiger partial charge is 0.230 e. The molecule has 0 aliphatic rings. The van der Waals surface area contributed by atoms with Crippen molar-refractivity contribution in [2.75, 3.05) is 6.26 Å². The second-order valence-electron chi connectivity index (χ2n) is 2.48. The number of rotatable bonds is 1. The summed E-state index contributed by atoms with van der Waals surface area (Å²) in [5.74, 6) is 0. The lowest BCUT2D eigenvalue weighted by molar-refractivity contribution is 1.31. The third-order valence-electron chi connectivity index (χ3n) is 1.67. The summed E-state index contributed by atoms with van der Waals surface area (Å²) in [6.45, 7) is 0. The molecule has 0 spiro atoms. The first-order valence-electron chi connectivity index (χ1n) is 3.68. The van der Waals surface area contributed by atoms with Crippen molar-refractivity contribution in [3.63, 3.8) is 0 Å². The van der Waals surface area contributed by atoms with Gasteiger partial charge >= 0.3 is 0 Å². The number of nitrogens with zero attached hydrogens (tertiary/aromatic N) is 2. The molecule has 0 radical (unpaired) electrons. The Kier molecular flexibility index (Phi) is 2.21. The molecular weight excluding hydrogens is 200 g/mol.